The first-order valence-corrected chi connectivity index (χ1v) is 8.31. The molecule has 0 bridgehead atoms. The van der Waals surface area contributed by atoms with E-state index < -0.39 is 35.1 Å². The predicted octanol–water partition coefficient (Wildman–Crippen LogP) is 1.37. The first kappa shape index (κ1) is 16.7. The van der Waals surface area contributed by atoms with Gasteiger partial charge in [-0.05, 0) is 38.7 Å². The largest absolute Gasteiger partial charge is 0.356 e. The summed E-state index contributed by atoms with van der Waals surface area (Å²) < 4.78 is 6.76. The second kappa shape index (κ2) is 6.76. The molecule has 7 nitrogen and oxygen atoms in total. The number of ketones is 3. The first-order chi connectivity index (χ1) is 11.5. The average Bonchev–Trinajstić information content (AvgIpc) is 2.57. The minimum atomic E-state index is -1.34. The molecule has 1 aliphatic carbocycles. The Morgan fingerprint density at radius 1 is 1.17 bits per heavy atom. The Bertz CT molecular complexity index is 730. The minimum Gasteiger partial charge on any atom is -0.356 e. The number of Topliss-reactive ketones (excluding diaryl/α,β-unsaturated/α-hetero) is 3. The van der Waals surface area contributed by atoms with Crippen LogP contribution in [0.1, 0.15) is 60.8 Å². The summed E-state index contributed by atoms with van der Waals surface area (Å²) in [6.07, 6.45) is 2.85. The topological polar surface area (TPSA) is 95.3 Å². The zero-order valence-corrected chi connectivity index (χ0v) is 13.6. The molecule has 1 aliphatic heterocycles. The molecular formula is C17H20N2O5. The van der Waals surface area contributed by atoms with E-state index in [4.69, 9.17) is 4.74 Å². The highest BCUT2D eigenvalue weighted by molar-refractivity contribution is 6.25. The number of hydrogen-bond donors (Lipinski definition) is 0. The van der Waals surface area contributed by atoms with Gasteiger partial charge in [-0.3, -0.25) is 19.2 Å². The Morgan fingerprint density at radius 2 is 1.88 bits per heavy atom. The zero-order chi connectivity index (χ0) is 17.3. The summed E-state index contributed by atoms with van der Waals surface area (Å²) in [5.74, 6) is -2.84. The van der Waals surface area contributed by atoms with Crippen molar-refractivity contribution >= 4 is 17.3 Å². The number of hydrogen-bond acceptors (Lipinski definition) is 6. The first-order valence-electron chi connectivity index (χ1n) is 8.31. The lowest BCUT2D eigenvalue weighted by molar-refractivity contribution is -0.133. The van der Waals surface area contributed by atoms with E-state index in [1.54, 1.807) is 6.92 Å². The molecule has 128 valence electrons. The summed E-state index contributed by atoms with van der Waals surface area (Å²) in [6.45, 7) is 2.20. The van der Waals surface area contributed by atoms with Crippen molar-refractivity contribution in [2.24, 2.45) is 5.92 Å². The summed E-state index contributed by atoms with van der Waals surface area (Å²) in [5, 5.41) is 4.18. The highest BCUT2D eigenvalue weighted by atomic mass is 16.5. The molecule has 1 aromatic heterocycles. The van der Waals surface area contributed by atoms with Gasteiger partial charge in [-0.25, -0.2) is 0 Å². The SMILES string of the molecule is Cc1cc(C(=O)C2C(=O)CCCC2=O)c(=O)n(C2CCCCO2)n1. The molecule has 2 heterocycles. The number of rotatable bonds is 3. The standard InChI is InChI=1S/C17H20N2O5/c1-10-9-11(16(22)15-12(20)5-4-6-13(15)21)17(23)19(18-10)14-7-2-3-8-24-14/h9,14-15H,2-8H2,1H3. The van der Waals surface area contributed by atoms with Crippen molar-refractivity contribution in [3.63, 3.8) is 0 Å². The maximum Gasteiger partial charge on any atom is 0.280 e. The Labute approximate surface area is 139 Å². The van der Waals surface area contributed by atoms with Crippen LogP contribution in [0.4, 0.5) is 0 Å². The number of aryl methyl sites for hydroxylation is 1. The van der Waals surface area contributed by atoms with Crippen molar-refractivity contribution in [1.82, 2.24) is 9.78 Å². The number of aromatic nitrogens is 2. The van der Waals surface area contributed by atoms with Crippen molar-refractivity contribution in [2.75, 3.05) is 6.61 Å². The van der Waals surface area contributed by atoms with Gasteiger partial charge >= 0.3 is 0 Å². The van der Waals surface area contributed by atoms with E-state index in [0.29, 0.717) is 25.1 Å². The maximum atomic E-state index is 12.7. The van der Waals surface area contributed by atoms with E-state index in [1.807, 2.05) is 0 Å². The lowest BCUT2D eigenvalue weighted by atomic mass is 9.82. The third-order valence-electron chi connectivity index (χ3n) is 4.50. The molecule has 1 aromatic rings. The van der Waals surface area contributed by atoms with E-state index in [-0.39, 0.29) is 18.4 Å². The summed E-state index contributed by atoms with van der Waals surface area (Å²) in [7, 11) is 0. The quantitative estimate of drug-likeness (QED) is 0.613. The van der Waals surface area contributed by atoms with Crippen LogP contribution >= 0.6 is 0 Å². The van der Waals surface area contributed by atoms with Crippen molar-refractivity contribution < 1.29 is 19.1 Å². The van der Waals surface area contributed by atoms with Crippen LogP contribution in [0.3, 0.4) is 0 Å². The second-order valence-electron chi connectivity index (χ2n) is 6.35. The summed E-state index contributed by atoms with van der Waals surface area (Å²) in [4.78, 5) is 49.4. The van der Waals surface area contributed by atoms with Crippen molar-refractivity contribution in [3.8, 4) is 0 Å². The maximum absolute atomic E-state index is 12.7. The van der Waals surface area contributed by atoms with Gasteiger partial charge in [-0.1, -0.05) is 0 Å². The van der Waals surface area contributed by atoms with E-state index >= 15 is 0 Å². The molecule has 2 aliphatic rings. The van der Waals surface area contributed by atoms with Crippen LogP contribution in [0.5, 0.6) is 0 Å². The van der Waals surface area contributed by atoms with Crippen LogP contribution in [-0.4, -0.2) is 33.7 Å². The second-order valence-corrected chi connectivity index (χ2v) is 6.35. The Kier molecular flexibility index (Phi) is 4.71. The van der Waals surface area contributed by atoms with Gasteiger partial charge in [0, 0.05) is 19.4 Å². The van der Waals surface area contributed by atoms with Crippen LogP contribution in [0.15, 0.2) is 10.9 Å². The number of carbonyl (C=O) groups excluding carboxylic acids is 3. The summed E-state index contributed by atoms with van der Waals surface area (Å²) in [6, 6.07) is 1.36. The number of ether oxygens (including phenoxy) is 1. The number of carbonyl (C=O) groups is 3. The lowest BCUT2D eigenvalue weighted by Gasteiger charge is -2.24. The van der Waals surface area contributed by atoms with Crippen LogP contribution < -0.4 is 5.56 Å². The van der Waals surface area contributed by atoms with Gasteiger partial charge in [0.1, 0.15) is 5.92 Å². The molecule has 7 heteroatoms. The van der Waals surface area contributed by atoms with Crippen LogP contribution in [0.2, 0.25) is 0 Å². The van der Waals surface area contributed by atoms with Crippen molar-refractivity contribution in [3.05, 3.63) is 27.7 Å². The van der Waals surface area contributed by atoms with Crippen molar-refractivity contribution in [2.45, 2.75) is 51.7 Å². The van der Waals surface area contributed by atoms with Crippen LogP contribution in [0, 0.1) is 12.8 Å². The zero-order valence-electron chi connectivity index (χ0n) is 13.6. The molecule has 0 spiro atoms. The third-order valence-corrected chi connectivity index (χ3v) is 4.50. The van der Waals surface area contributed by atoms with Crippen LogP contribution in [0.25, 0.3) is 0 Å². The van der Waals surface area contributed by atoms with Gasteiger partial charge in [0.2, 0.25) is 0 Å². The molecule has 1 saturated carbocycles. The van der Waals surface area contributed by atoms with Gasteiger partial charge in [0.25, 0.3) is 5.56 Å². The number of nitrogens with zero attached hydrogens (tertiary/aromatic N) is 2. The highest BCUT2D eigenvalue weighted by Gasteiger charge is 2.38. The minimum absolute atomic E-state index is 0.148. The molecule has 0 N–H and O–H groups in total. The summed E-state index contributed by atoms with van der Waals surface area (Å²) >= 11 is 0. The molecule has 2 fully saturated rings. The fourth-order valence-electron chi connectivity index (χ4n) is 3.28. The van der Waals surface area contributed by atoms with Gasteiger partial charge in [-0.15, -0.1) is 0 Å². The van der Waals surface area contributed by atoms with Gasteiger partial charge in [0.05, 0.1) is 11.3 Å². The highest BCUT2D eigenvalue weighted by Crippen LogP contribution is 2.23. The molecule has 0 aromatic carbocycles. The van der Waals surface area contributed by atoms with Crippen LogP contribution in [-0.2, 0) is 14.3 Å². The lowest BCUT2D eigenvalue weighted by Crippen LogP contribution is -2.40. The molecule has 1 atom stereocenters. The molecule has 24 heavy (non-hydrogen) atoms. The molecule has 1 saturated heterocycles. The smallest absolute Gasteiger partial charge is 0.280 e. The molecule has 0 radical (unpaired) electrons. The molecule has 0 amide bonds. The van der Waals surface area contributed by atoms with Gasteiger partial charge < -0.3 is 4.74 Å². The van der Waals surface area contributed by atoms with Gasteiger partial charge in [0.15, 0.2) is 23.6 Å². The summed E-state index contributed by atoms with van der Waals surface area (Å²) in [5.41, 5.74) is -0.267. The van der Waals surface area contributed by atoms with E-state index in [1.165, 1.54) is 10.7 Å². The fourth-order valence-corrected chi connectivity index (χ4v) is 3.28. The normalized spacial score (nSPS) is 22.6. The predicted molar refractivity (Wildman–Crippen MR) is 83.8 cm³/mol. The third kappa shape index (κ3) is 3.08. The Hall–Kier alpha value is -2.15. The van der Waals surface area contributed by atoms with Crippen molar-refractivity contribution in [1.29, 1.82) is 0 Å². The van der Waals surface area contributed by atoms with E-state index in [2.05, 4.69) is 5.10 Å². The fraction of sp³-hybridized carbons (Fsp3) is 0.588. The van der Waals surface area contributed by atoms with E-state index in [0.717, 1.165) is 12.8 Å². The molecule has 3 rings (SSSR count). The molecular weight excluding hydrogens is 312 g/mol. The monoisotopic (exact) mass is 332 g/mol. The Balaban J connectivity index is 1.99. The average molecular weight is 332 g/mol. The Morgan fingerprint density at radius 3 is 2.50 bits per heavy atom. The van der Waals surface area contributed by atoms with E-state index in [9.17, 15) is 19.2 Å². The molecule has 1 unspecified atom stereocenters. The van der Waals surface area contributed by atoms with Gasteiger partial charge in [-0.2, -0.15) is 9.78 Å².